The van der Waals surface area contributed by atoms with Crippen LogP contribution in [0.2, 0.25) is 0 Å². The first-order valence-electron chi connectivity index (χ1n) is 7.56. The number of carbonyl (C=O) groups excluding carboxylic acids is 2. The van der Waals surface area contributed by atoms with Gasteiger partial charge >= 0.3 is 12.1 Å². The predicted octanol–water partition coefficient (Wildman–Crippen LogP) is 4.05. The van der Waals surface area contributed by atoms with E-state index in [1.54, 1.807) is 33.8 Å². The lowest BCUT2D eigenvalue weighted by Gasteiger charge is -2.20. The molecule has 7 nitrogen and oxygen atoms in total. The number of nitrogens with zero attached hydrogens (tertiary/aromatic N) is 2. The van der Waals surface area contributed by atoms with Crippen molar-refractivity contribution in [3.05, 3.63) is 28.0 Å². The van der Waals surface area contributed by atoms with Gasteiger partial charge in [-0.15, -0.1) is 0 Å². The molecule has 0 unspecified atom stereocenters. The second-order valence-electron chi connectivity index (χ2n) is 5.95. The minimum absolute atomic E-state index is 0.124. The van der Waals surface area contributed by atoms with Crippen molar-refractivity contribution in [3.63, 3.8) is 0 Å². The molecule has 8 heteroatoms. The molecule has 0 aliphatic heterocycles. The Morgan fingerprint density at radius 1 is 1.44 bits per heavy atom. The summed E-state index contributed by atoms with van der Waals surface area (Å²) >= 11 is 3.23. The molecule has 0 aliphatic rings. The zero-order valence-electron chi connectivity index (χ0n) is 14.6. The Kier molecular flexibility index (Phi) is 7.58. The van der Waals surface area contributed by atoms with Gasteiger partial charge in [-0.1, -0.05) is 0 Å². The highest BCUT2D eigenvalue weighted by atomic mass is 79.9. The first-order chi connectivity index (χ1) is 11.7. The van der Waals surface area contributed by atoms with Gasteiger partial charge in [0.15, 0.2) is 0 Å². The van der Waals surface area contributed by atoms with Crippen LogP contribution in [0.3, 0.4) is 0 Å². The van der Waals surface area contributed by atoms with E-state index < -0.39 is 17.7 Å². The molecular formula is C17H20BrN3O4. The van der Waals surface area contributed by atoms with Gasteiger partial charge in [-0.05, 0) is 55.8 Å². The van der Waals surface area contributed by atoms with Gasteiger partial charge in [-0.25, -0.2) is 14.6 Å². The molecule has 1 aromatic rings. The van der Waals surface area contributed by atoms with E-state index in [-0.39, 0.29) is 18.6 Å². The van der Waals surface area contributed by atoms with E-state index in [4.69, 9.17) is 14.7 Å². The summed E-state index contributed by atoms with van der Waals surface area (Å²) in [5.41, 5.74) is 0.352. The van der Waals surface area contributed by atoms with Gasteiger partial charge < -0.3 is 9.47 Å². The molecule has 0 aliphatic carbocycles. The zero-order chi connectivity index (χ0) is 19.0. The molecule has 1 heterocycles. The van der Waals surface area contributed by atoms with Crippen LogP contribution in [0.1, 0.15) is 39.7 Å². The largest absolute Gasteiger partial charge is 0.463 e. The molecule has 134 valence electrons. The Bertz CT molecular complexity index is 718. The number of carbonyl (C=O) groups is 2. The maximum atomic E-state index is 12.0. The normalized spacial score (nSPS) is 11.4. The van der Waals surface area contributed by atoms with Crippen LogP contribution in [-0.2, 0) is 14.3 Å². The van der Waals surface area contributed by atoms with Gasteiger partial charge in [0.25, 0.3) is 0 Å². The van der Waals surface area contributed by atoms with Gasteiger partial charge in [0.05, 0.1) is 30.4 Å². The van der Waals surface area contributed by atoms with Crippen LogP contribution in [0, 0.1) is 11.3 Å². The van der Waals surface area contributed by atoms with E-state index in [0.717, 1.165) is 0 Å². The number of pyridine rings is 1. The van der Waals surface area contributed by atoms with Crippen molar-refractivity contribution in [1.29, 1.82) is 5.26 Å². The molecule has 0 atom stereocenters. The van der Waals surface area contributed by atoms with Crippen LogP contribution in [0.5, 0.6) is 0 Å². The van der Waals surface area contributed by atoms with E-state index in [1.807, 2.05) is 6.07 Å². The molecule has 0 saturated heterocycles. The summed E-state index contributed by atoms with van der Waals surface area (Å²) in [5, 5.41) is 11.5. The number of amides is 1. The Morgan fingerprint density at radius 3 is 2.68 bits per heavy atom. The monoisotopic (exact) mass is 409 g/mol. The Balaban J connectivity index is 3.18. The average Bonchev–Trinajstić information content (AvgIpc) is 2.47. The summed E-state index contributed by atoms with van der Waals surface area (Å²) in [4.78, 5) is 28.0. The second kappa shape index (κ2) is 9.18. The lowest BCUT2D eigenvalue weighted by molar-refractivity contribution is -0.138. The number of hydrogen-bond donors (Lipinski definition) is 1. The van der Waals surface area contributed by atoms with Crippen molar-refractivity contribution in [2.45, 2.75) is 39.7 Å². The summed E-state index contributed by atoms with van der Waals surface area (Å²) in [6.45, 7) is 7.13. The van der Waals surface area contributed by atoms with Gasteiger partial charge in [0.1, 0.15) is 10.2 Å². The molecule has 0 saturated carbocycles. The SMILES string of the molecule is CCOC(=O)/C(=C/c1cnc(Br)cc1NC(=O)OC(C)(C)C)CC#N. The molecule has 1 N–H and O–H groups in total. The second-order valence-corrected chi connectivity index (χ2v) is 6.76. The van der Waals surface area contributed by atoms with Gasteiger partial charge in [0.2, 0.25) is 0 Å². The number of nitrogens with one attached hydrogen (secondary N) is 1. The molecule has 0 fully saturated rings. The van der Waals surface area contributed by atoms with Gasteiger partial charge in [-0.3, -0.25) is 5.32 Å². The smallest absolute Gasteiger partial charge is 0.412 e. The third-order valence-electron chi connectivity index (χ3n) is 2.67. The van der Waals surface area contributed by atoms with E-state index in [1.165, 1.54) is 12.3 Å². The number of esters is 1. The quantitative estimate of drug-likeness (QED) is 0.447. The zero-order valence-corrected chi connectivity index (χ0v) is 16.1. The van der Waals surface area contributed by atoms with Crippen molar-refractivity contribution in [2.75, 3.05) is 11.9 Å². The van der Waals surface area contributed by atoms with Crippen molar-refractivity contribution < 1.29 is 19.1 Å². The fourth-order valence-electron chi connectivity index (χ4n) is 1.76. The van der Waals surface area contributed by atoms with Crippen molar-refractivity contribution in [3.8, 4) is 6.07 Å². The predicted molar refractivity (Wildman–Crippen MR) is 96.6 cm³/mol. The number of ether oxygens (including phenoxy) is 2. The topological polar surface area (TPSA) is 101 Å². The molecule has 0 bridgehead atoms. The van der Waals surface area contributed by atoms with Gasteiger partial charge in [-0.2, -0.15) is 5.26 Å². The maximum absolute atomic E-state index is 12.0. The number of rotatable bonds is 5. The fourth-order valence-corrected chi connectivity index (χ4v) is 2.09. The van der Waals surface area contributed by atoms with Gasteiger partial charge in [0, 0.05) is 11.8 Å². The molecule has 25 heavy (non-hydrogen) atoms. The van der Waals surface area contributed by atoms with Crippen molar-refractivity contribution >= 4 is 39.8 Å². The highest BCUT2D eigenvalue weighted by Gasteiger charge is 2.18. The van der Waals surface area contributed by atoms with E-state index in [2.05, 4.69) is 26.2 Å². The van der Waals surface area contributed by atoms with E-state index in [0.29, 0.717) is 15.9 Å². The highest BCUT2D eigenvalue weighted by Crippen LogP contribution is 2.23. The Morgan fingerprint density at radius 2 is 2.12 bits per heavy atom. The van der Waals surface area contributed by atoms with Crippen molar-refractivity contribution in [2.24, 2.45) is 0 Å². The van der Waals surface area contributed by atoms with Crippen LogP contribution in [0.4, 0.5) is 10.5 Å². The van der Waals surface area contributed by atoms with Crippen LogP contribution < -0.4 is 5.32 Å². The van der Waals surface area contributed by atoms with E-state index >= 15 is 0 Å². The molecule has 0 radical (unpaired) electrons. The first-order valence-corrected chi connectivity index (χ1v) is 8.35. The molecular weight excluding hydrogens is 390 g/mol. The van der Waals surface area contributed by atoms with Crippen LogP contribution >= 0.6 is 15.9 Å². The summed E-state index contributed by atoms with van der Waals surface area (Å²) in [6.07, 6.45) is 2.17. The standard InChI is InChI=1S/C17H20BrN3O4/c1-5-24-15(22)11(6-7-19)8-12-10-20-14(18)9-13(12)21-16(23)25-17(2,3)4/h8-10H,5-6H2,1-4H3,(H,20,21,23)/b11-8+. The molecule has 0 spiro atoms. The maximum Gasteiger partial charge on any atom is 0.412 e. The number of nitriles is 1. The summed E-state index contributed by atoms with van der Waals surface area (Å²) in [6, 6.07) is 3.49. The average molecular weight is 410 g/mol. The molecule has 1 amide bonds. The van der Waals surface area contributed by atoms with Crippen LogP contribution in [-0.4, -0.2) is 29.3 Å². The molecule has 1 rings (SSSR count). The molecule has 0 aromatic carbocycles. The van der Waals surface area contributed by atoms with Crippen molar-refractivity contribution in [1.82, 2.24) is 4.98 Å². The Labute approximate surface area is 155 Å². The summed E-state index contributed by atoms with van der Waals surface area (Å²) in [5.74, 6) is -0.588. The Hall–Kier alpha value is -2.40. The first kappa shape index (κ1) is 20.6. The number of halogens is 1. The summed E-state index contributed by atoms with van der Waals surface area (Å²) in [7, 11) is 0. The lowest BCUT2D eigenvalue weighted by atomic mass is 10.1. The fraction of sp³-hybridized carbons (Fsp3) is 0.412. The minimum atomic E-state index is -0.652. The van der Waals surface area contributed by atoms with E-state index in [9.17, 15) is 9.59 Å². The summed E-state index contributed by atoms with van der Waals surface area (Å²) < 4.78 is 10.7. The minimum Gasteiger partial charge on any atom is -0.463 e. The van der Waals surface area contributed by atoms with Crippen LogP contribution in [0.15, 0.2) is 22.4 Å². The number of aromatic nitrogens is 1. The molecule has 1 aromatic heterocycles. The highest BCUT2D eigenvalue weighted by molar-refractivity contribution is 9.10. The number of anilines is 1. The lowest BCUT2D eigenvalue weighted by Crippen LogP contribution is -2.27. The third-order valence-corrected chi connectivity index (χ3v) is 3.11. The number of hydrogen-bond acceptors (Lipinski definition) is 6. The van der Waals surface area contributed by atoms with Crippen LogP contribution in [0.25, 0.3) is 6.08 Å². The third kappa shape index (κ3) is 7.35.